The highest BCUT2D eigenvalue weighted by molar-refractivity contribution is 6.06. The number of fused-ring (bicyclic) bond motifs is 1. The van der Waals surface area contributed by atoms with E-state index in [1.807, 2.05) is 59.5 Å². The molecule has 1 heterocycles. The van der Waals surface area contributed by atoms with Crippen LogP contribution in [-0.2, 0) is 6.54 Å². The molecule has 0 bridgehead atoms. The van der Waals surface area contributed by atoms with Gasteiger partial charge in [-0.05, 0) is 24.5 Å². The Morgan fingerprint density at radius 1 is 1.04 bits per heavy atom. The Morgan fingerprint density at radius 3 is 2.50 bits per heavy atom. The number of amides is 1. The van der Waals surface area contributed by atoms with E-state index in [1.54, 1.807) is 0 Å². The van der Waals surface area contributed by atoms with Crippen molar-refractivity contribution in [3.8, 4) is 0 Å². The van der Waals surface area contributed by atoms with Crippen molar-refractivity contribution in [1.29, 1.82) is 0 Å². The van der Waals surface area contributed by atoms with Crippen LogP contribution in [0, 0.1) is 0 Å². The molecule has 1 fully saturated rings. The lowest BCUT2D eigenvalue weighted by Gasteiger charge is -2.23. The number of aromatic nitrogens is 1. The van der Waals surface area contributed by atoms with E-state index < -0.39 is 0 Å². The molecule has 0 aliphatic heterocycles. The first-order valence-electron chi connectivity index (χ1n) is 8.19. The minimum Gasteiger partial charge on any atom is -0.331 e. The lowest BCUT2D eigenvalue weighted by molar-refractivity contribution is 0.0731. The van der Waals surface area contributed by atoms with Gasteiger partial charge in [-0.15, -0.1) is 0 Å². The summed E-state index contributed by atoms with van der Waals surface area (Å²) in [6, 6.07) is 19.1. The Labute approximate surface area is 139 Å². The molecule has 120 valence electrons. The third kappa shape index (κ3) is 2.83. The smallest absolute Gasteiger partial charge is 0.255 e. The van der Waals surface area contributed by atoms with E-state index in [0.29, 0.717) is 17.6 Å². The predicted molar refractivity (Wildman–Crippen MR) is 93.9 cm³/mol. The Balaban J connectivity index is 1.74. The molecule has 1 aromatic heterocycles. The van der Waals surface area contributed by atoms with Crippen LogP contribution in [-0.4, -0.2) is 21.8 Å². The van der Waals surface area contributed by atoms with Gasteiger partial charge in [0.1, 0.15) is 0 Å². The van der Waals surface area contributed by atoms with E-state index in [2.05, 4.69) is 4.98 Å². The summed E-state index contributed by atoms with van der Waals surface area (Å²) in [7, 11) is 0. The quantitative estimate of drug-likeness (QED) is 0.802. The van der Waals surface area contributed by atoms with E-state index in [9.17, 15) is 9.59 Å². The van der Waals surface area contributed by atoms with Crippen LogP contribution in [0.5, 0.6) is 0 Å². The topological polar surface area (TPSA) is 53.2 Å². The van der Waals surface area contributed by atoms with Crippen LogP contribution in [0.2, 0.25) is 0 Å². The normalized spacial score (nSPS) is 13.8. The average Bonchev–Trinajstić information content (AvgIpc) is 3.44. The molecule has 4 rings (SSSR count). The molecule has 1 N–H and O–H groups in total. The van der Waals surface area contributed by atoms with Crippen molar-refractivity contribution < 1.29 is 4.79 Å². The minimum atomic E-state index is -0.243. The summed E-state index contributed by atoms with van der Waals surface area (Å²) in [6.45, 7) is 0.575. The van der Waals surface area contributed by atoms with Gasteiger partial charge in [-0.2, -0.15) is 0 Å². The van der Waals surface area contributed by atoms with E-state index in [0.717, 1.165) is 23.8 Å². The molecule has 1 aliphatic rings. The van der Waals surface area contributed by atoms with Crippen LogP contribution in [0.25, 0.3) is 10.9 Å². The lowest BCUT2D eigenvalue weighted by Crippen LogP contribution is -2.33. The number of aromatic amines is 1. The molecular weight excluding hydrogens is 300 g/mol. The number of pyridine rings is 1. The van der Waals surface area contributed by atoms with Crippen LogP contribution in [0.3, 0.4) is 0 Å². The summed E-state index contributed by atoms with van der Waals surface area (Å²) in [5.74, 6) is -0.0661. The fraction of sp³-hybridized carbons (Fsp3) is 0.200. The summed E-state index contributed by atoms with van der Waals surface area (Å²) < 4.78 is 0. The summed E-state index contributed by atoms with van der Waals surface area (Å²) >= 11 is 0. The van der Waals surface area contributed by atoms with Gasteiger partial charge in [0.15, 0.2) is 0 Å². The van der Waals surface area contributed by atoms with Crippen molar-refractivity contribution in [3.05, 3.63) is 82.1 Å². The molecule has 4 heteroatoms. The Bertz CT molecular complexity index is 943. The molecule has 1 amide bonds. The summed E-state index contributed by atoms with van der Waals surface area (Å²) in [5, 5.41) is 0.792. The van der Waals surface area contributed by atoms with Gasteiger partial charge >= 0.3 is 0 Å². The van der Waals surface area contributed by atoms with Crippen LogP contribution in [0.1, 0.15) is 28.8 Å². The van der Waals surface area contributed by atoms with Gasteiger partial charge in [-0.1, -0.05) is 48.5 Å². The third-order valence-electron chi connectivity index (χ3n) is 4.43. The first-order chi connectivity index (χ1) is 11.7. The van der Waals surface area contributed by atoms with Crippen LogP contribution < -0.4 is 5.56 Å². The first kappa shape index (κ1) is 14.7. The first-order valence-corrected chi connectivity index (χ1v) is 8.19. The second-order valence-corrected chi connectivity index (χ2v) is 6.24. The number of benzene rings is 2. The van der Waals surface area contributed by atoms with Crippen molar-refractivity contribution in [1.82, 2.24) is 9.88 Å². The molecule has 3 aromatic rings. The maximum absolute atomic E-state index is 13.2. The third-order valence-corrected chi connectivity index (χ3v) is 4.43. The number of nitrogens with one attached hydrogen (secondary N) is 1. The highest BCUT2D eigenvalue weighted by Crippen LogP contribution is 2.30. The predicted octanol–water partition coefficient (Wildman–Crippen LogP) is 3.33. The fourth-order valence-corrected chi connectivity index (χ4v) is 3.07. The van der Waals surface area contributed by atoms with Crippen molar-refractivity contribution >= 4 is 16.8 Å². The SMILES string of the molecule is O=C(c1cc(=O)[nH]c2ccccc12)N(Cc1ccccc1)C1CC1. The molecule has 1 saturated carbocycles. The van der Waals surface area contributed by atoms with Crippen LogP contribution >= 0.6 is 0 Å². The molecule has 0 saturated heterocycles. The van der Waals surface area contributed by atoms with Crippen molar-refractivity contribution in [2.75, 3.05) is 0 Å². The van der Waals surface area contributed by atoms with Gasteiger partial charge in [-0.3, -0.25) is 9.59 Å². The highest BCUT2D eigenvalue weighted by atomic mass is 16.2. The fourth-order valence-electron chi connectivity index (χ4n) is 3.07. The lowest BCUT2D eigenvalue weighted by atomic mass is 10.1. The number of rotatable bonds is 4. The maximum atomic E-state index is 13.2. The molecule has 0 spiro atoms. The zero-order valence-electron chi connectivity index (χ0n) is 13.2. The van der Waals surface area contributed by atoms with Crippen molar-refractivity contribution in [2.24, 2.45) is 0 Å². The van der Waals surface area contributed by atoms with Gasteiger partial charge in [0, 0.05) is 29.6 Å². The number of nitrogens with zero attached hydrogens (tertiary/aromatic N) is 1. The van der Waals surface area contributed by atoms with Gasteiger partial charge in [-0.25, -0.2) is 0 Å². The highest BCUT2D eigenvalue weighted by Gasteiger charge is 2.33. The van der Waals surface area contributed by atoms with Crippen LogP contribution in [0.15, 0.2) is 65.5 Å². The van der Waals surface area contributed by atoms with E-state index >= 15 is 0 Å². The van der Waals surface area contributed by atoms with Crippen LogP contribution in [0.4, 0.5) is 0 Å². The van der Waals surface area contributed by atoms with E-state index in [-0.39, 0.29) is 17.5 Å². The van der Waals surface area contributed by atoms with Crippen molar-refractivity contribution in [3.63, 3.8) is 0 Å². The van der Waals surface area contributed by atoms with Gasteiger partial charge in [0.25, 0.3) is 5.91 Å². The Morgan fingerprint density at radius 2 is 1.75 bits per heavy atom. The molecular formula is C20H18N2O2. The zero-order valence-corrected chi connectivity index (χ0v) is 13.2. The van der Waals surface area contributed by atoms with E-state index in [1.165, 1.54) is 6.07 Å². The Kier molecular flexibility index (Phi) is 3.65. The number of H-pyrrole nitrogens is 1. The summed E-state index contributed by atoms with van der Waals surface area (Å²) in [5.41, 5.74) is 2.04. The molecule has 0 unspecified atom stereocenters. The summed E-state index contributed by atoms with van der Waals surface area (Å²) in [4.78, 5) is 29.8. The molecule has 4 nitrogen and oxygen atoms in total. The average molecular weight is 318 g/mol. The Hall–Kier alpha value is -2.88. The molecule has 24 heavy (non-hydrogen) atoms. The number of carbonyl (C=O) groups is 1. The summed E-state index contributed by atoms with van der Waals surface area (Å²) in [6.07, 6.45) is 2.05. The van der Waals surface area contributed by atoms with Gasteiger partial charge < -0.3 is 9.88 Å². The van der Waals surface area contributed by atoms with Gasteiger partial charge in [0.05, 0.1) is 5.56 Å². The maximum Gasteiger partial charge on any atom is 0.255 e. The van der Waals surface area contributed by atoms with Gasteiger partial charge in [0.2, 0.25) is 5.56 Å². The molecule has 1 aliphatic carbocycles. The number of hydrogen-bond acceptors (Lipinski definition) is 2. The monoisotopic (exact) mass is 318 g/mol. The number of para-hydroxylation sites is 1. The molecule has 0 radical (unpaired) electrons. The largest absolute Gasteiger partial charge is 0.331 e. The van der Waals surface area contributed by atoms with Crippen molar-refractivity contribution in [2.45, 2.75) is 25.4 Å². The van der Waals surface area contributed by atoms with E-state index in [4.69, 9.17) is 0 Å². The number of hydrogen-bond donors (Lipinski definition) is 1. The molecule has 2 aromatic carbocycles. The zero-order chi connectivity index (χ0) is 16.5. The second kappa shape index (κ2) is 5.96. The second-order valence-electron chi connectivity index (χ2n) is 6.24. The minimum absolute atomic E-state index is 0.0661. The molecule has 0 atom stereocenters. The standard InChI is InChI=1S/C20H18N2O2/c23-19-12-17(16-8-4-5-9-18(16)21-19)20(24)22(15-10-11-15)13-14-6-2-1-3-7-14/h1-9,12,15H,10-11,13H2,(H,21,23). The number of carbonyl (C=O) groups excluding carboxylic acids is 1.